The Hall–Kier alpha value is -1.55. The maximum Gasteiger partial charge on any atom is 0.221 e. The minimum atomic E-state index is -0.00179. The van der Waals surface area contributed by atoms with E-state index in [1.165, 1.54) is 25.7 Å². The van der Waals surface area contributed by atoms with Crippen LogP contribution in [-0.4, -0.2) is 43.0 Å². The number of benzene rings is 1. The van der Waals surface area contributed by atoms with E-state index < -0.39 is 0 Å². The maximum atomic E-state index is 11.4. The molecule has 2 saturated carbocycles. The average Bonchev–Trinajstić information content (AvgIpc) is 2.82. The van der Waals surface area contributed by atoms with Gasteiger partial charge in [0.2, 0.25) is 5.91 Å². The van der Waals surface area contributed by atoms with Crippen LogP contribution in [0.4, 0.5) is 11.4 Å². The molecule has 0 radical (unpaired) electrons. The Morgan fingerprint density at radius 3 is 2.43 bits per heavy atom. The van der Waals surface area contributed by atoms with E-state index in [9.17, 15) is 4.79 Å². The third kappa shape index (κ3) is 2.85. The highest BCUT2D eigenvalue weighted by molar-refractivity contribution is 5.92. The molecule has 3 aliphatic rings. The van der Waals surface area contributed by atoms with Gasteiger partial charge in [0.25, 0.3) is 0 Å². The summed E-state index contributed by atoms with van der Waals surface area (Å²) in [6.07, 6.45) is 5.81. The first-order chi connectivity index (χ1) is 11.2. The van der Waals surface area contributed by atoms with Gasteiger partial charge in [-0.25, -0.2) is 0 Å². The average molecular weight is 313 g/mol. The Morgan fingerprint density at radius 2 is 1.78 bits per heavy atom. The van der Waals surface area contributed by atoms with Crippen LogP contribution in [0.2, 0.25) is 0 Å². The summed E-state index contributed by atoms with van der Waals surface area (Å²) in [5.74, 6) is 2.03. The molecule has 23 heavy (non-hydrogen) atoms. The molecular weight excluding hydrogens is 286 g/mol. The van der Waals surface area contributed by atoms with Gasteiger partial charge >= 0.3 is 0 Å². The number of nitrogens with zero attached hydrogens (tertiary/aromatic N) is 2. The van der Waals surface area contributed by atoms with Crippen molar-refractivity contribution < 1.29 is 4.79 Å². The summed E-state index contributed by atoms with van der Waals surface area (Å²) >= 11 is 0. The molecule has 1 aliphatic heterocycles. The van der Waals surface area contributed by atoms with Gasteiger partial charge in [0.1, 0.15) is 0 Å². The van der Waals surface area contributed by atoms with Crippen molar-refractivity contribution in [2.45, 2.75) is 38.6 Å². The molecule has 4 rings (SSSR count). The van der Waals surface area contributed by atoms with Gasteiger partial charge in [-0.05, 0) is 49.7 Å². The largest absolute Gasteiger partial charge is 0.367 e. The van der Waals surface area contributed by atoms with E-state index in [-0.39, 0.29) is 5.91 Å². The highest BCUT2D eigenvalue weighted by Gasteiger charge is 2.44. The summed E-state index contributed by atoms with van der Waals surface area (Å²) in [6.45, 7) is 6.00. The number of amides is 1. The quantitative estimate of drug-likeness (QED) is 0.932. The van der Waals surface area contributed by atoms with Crippen molar-refractivity contribution in [3.63, 3.8) is 0 Å². The van der Waals surface area contributed by atoms with Crippen molar-refractivity contribution in [1.82, 2.24) is 4.90 Å². The van der Waals surface area contributed by atoms with E-state index >= 15 is 0 Å². The molecular formula is C19H27N3O. The van der Waals surface area contributed by atoms with Crippen LogP contribution >= 0.6 is 0 Å². The molecule has 0 aromatic heterocycles. The fraction of sp³-hybridized carbons (Fsp3) is 0.632. The number of anilines is 2. The van der Waals surface area contributed by atoms with Crippen LogP contribution in [-0.2, 0) is 4.79 Å². The molecule has 1 saturated heterocycles. The van der Waals surface area contributed by atoms with Crippen molar-refractivity contribution in [3.8, 4) is 0 Å². The molecule has 1 heterocycles. The molecule has 1 aromatic carbocycles. The predicted molar refractivity (Wildman–Crippen MR) is 93.8 cm³/mol. The summed E-state index contributed by atoms with van der Waals surface area (Å²) < 4.78 is 0. The lowest BCUT2D eigenvalue weighted by Crippen LogP contribution is -2.52. The Balaban J connectivity index is 1.41. The van der Waals surface area contributed by atoms with E-state index in [2.05, 4.69) is 27.2 Å². The molecule has 1 amide bonds. The van der Waals surface area contributed by atoms with Gasteiger partial charge < -0.3 is 10.2 Å². The lowest BCUT2D eigenvalue weighted by atomic mass is 9.74. The number of fused-ring (bicyclic) bond motifs is 1. The van der Waals surface area contributed by atoms with Gasteiger partial charge in [-0.2, -0.15) is 0 Å². The van der Waals surface area contributed by atoms with Crippen molar-refractivity contribution >= 4 is 17.3 Å². The summed E-state index contributed by atoms with van der Waals surface area (Å²) in [6, 6.07) is 9.02. The third-order valence-electron chi connectivity index (χ3n) is 6.14. The number of para-hydroxylation sites is 2. The highest BCUT2D eigenvalue weighted by atomic mass is 16.1. The van der Waals surface area contributed by atoms with Crippen molar-refractivity contribution in [3.05, 3.63) is 24.3 Å². The molecule has 1 N–H and O–H groups in total. The number of carbonyl (C=O) groups excluding carboxylic acids is 1. The van der Waals surface area contributed by atoms with Crippen LogP contribution in [0.5, 0.6) is 0 Å². The van der Waals surface area contributed by atoms with Crippen LogP contribution < -0.4 is 10.2 Å². The number of hydrogen-bond acceptors (Lipinski definition) is 3. The monoisotopic (exact) mass is 313 g/mol. The van der Waals surface area contributed by atoms with Crippen LogP contribution in [0.15, 0.2) is 24.3 Å². The molecule has 4 heteroatoms. The highest BCUT2D eigenvalue weighted by Crippen LogP contribution is 2.48. The van der Waals surface area contributed by atoms with E-state index in [0.29, 0.717) is 0 Å². The van der Waals surface area contributed by atoms with Crippen molar-refractivity contribution in [2.24, 2.45) is 11.8 Å². The van der Waals surface area contributed by atoms with E-state index in [4.69, 9.17) is 0 Å². The number of hydrogen-bond donors (Lipinski definition) is 1. The van der Waals surface area contributed by atoms with Crippen molar-refractivity contribution in [2.75, 3.05) is 36.4 Å². The minimum absolute atomic E-state index is 0.00179. The molecule has 1 aromatic rings. The molecule has 0 spiro atoms. The van der Waals surface area contributed by atoms with Crippen LogP contribution in [0.25, 0.3) is 0 Å². The van der Waals surface area contributed by atoms with Gasteiger partial charge in [0.15, 0.2) is 0 Å². The Bertz CT molecular complexity index is 580. The molecule has 2 aliphatic carbocycles. The third-order valence-corrected chi connectivity index (χ3v) is 6.14. The van der Waals surface area contributed by atoms with Crippen LogP contribution in [0.1, 0.15) is 32.6 Å². The van der Waals surface area contributed by atoms with Crippen LogP contribution in [0.3, 0.4) is 0 Å². The first kappa shape index (κ1) is 15.0. The van der Waals surface area contributed by atoms with E-state index in [1.807, 2.05) is 12.1 Å². The van der Waals surface area contributed by atoms with Gasteiger partial charge in [0, 0.05) is 39.1 Å². The lowest BCUT2D eigenvalue weighted by molar-refractivity contribution is -0.114. The summed E-state index contributed by atoms with van der Waals surface area (Å²) in [5, 5.41) is 2.96. The second-order valence-electron chi connectivity index (χ2n) is 7.37. The fourth-order valence-corrected chi connectivity index (χ4v) is 4.85. The Labute approximate surface area is 138 Å². The molecule has 3 unspecified atom stereocenters. The summed E-state index contributed by atoms with van der Waals surface area (Å²) in [5.41, 5.74) is 2.10. The molecule has 0 bridgehead atoms. The van der Waals surface area contributed by atoms with Crippen molar-refractivity contribution in [1.29, 1.82) is 0 Å². The Kier molecular flexibility index (Phi) is 4.02. The molecule has 3 atom stereocenters. The smallest absolute Gasteiger partial charge is 0.221 e. The summed E-state index contributed by atoms with van der Waals surface area (Å²) in [4.78, 5) is 16.6. The Morgan fingerprint density at radius 1 is 1.04 bits per heavy atom. The number of carbonyl (C=O) groups is 1. The van der Waals surface area contributed by atoms with Gasteiger partial charge in [0.05, 0.1) is 11.4 Å². The lowest BCUT2D eigenvalue weighted by Gasteiger charge is -2.44. The van der Waals surface area contributed by atoms with Crippen LogP contribution in [0, 0.1) is 11.8 Å². The second kappa shape index (κ2) is 6.16. The normalized spacial score (nSPS) is 30.7. The molecule has 3 fully saturated rings. The predicted octanol–water partition coefficient (Wildman–Crippen LogP) is 2.96. The SMILES string of the molecule is CC(=O)Nc1ccccc1N1CCN(C2CCC3CCC32)CC1. The topological polar surface area (TPSA) is 35.6 Å². The second-order valence-corrected chi connectivity index (χ2v) is 7.37. The van der Waals surface area contributed by atoms with E-state index in [1.54, 1.807) is 6.92 Å². The molecule has 4 nitrogen and oxygen atoms in total. The number of nitrogens with one attached hydrogen (secondary N) is 1. The zero-order chi connectivity index (χ0) is 15.8. The first-order valence-corrected chi connectivity index (χ1v) is 9.08. The zero-order valence-corrected chi connectivity index (χ0v) is 14.0. The zero-order valence-electron chi connectivity index (χ0n) is 14.0. The summed E-state index contributed by atoms with van der Waals surface area (Å²) in [7, 11) is 0. The van der Waals surface area contributed by atoms with Gasteiger partial charge in [-0.15, -0.1) is 0 Å². The standard InChI is InChI=1S/C19H27N3O/c1-14(23)20-17-4-2-3-5-19(17)22-12-10-21(11-13-22)18-9-7-15-6-8-16(15)18/h2-5,15-16,18H,6-13H2,1H3,(H,20,23). The minimum Gasteiger partial charge on any atom is -0.367 e. The molecule has 124 valence electrons. The van der Waals surface area contributed by atoms with Gasteiger partial charge in [-0.3, -0.25) is 9.69 Å². The van der Waals surface area contributed by atoms with E-state index in [0.717, 1.165) is 55.4 Å². The fourth-order valence-electron chi connectivity index (χ4n) is 4.85. The maximum absolute atomic E-state index is 11.4. The number of rotatable bonds is 3. The number of piperazine rings is 1. The first-order valence-electron chi connectivity index (χ1n) is 9.08. The van der Waals surface area contributed by atoms with Gasteiger partial charge in [-0.1, -0.05) is 12.1 Å².